The molecule has 0 saturated carbocycles. The molecule has 0 amide bonds. The minimum absolute atomic E-state index is 0.273. The van der Waals surface area contributed by atoms with Gasteiger partial charge in [0.25, 0.3) is 0 Å². The highest BCUT2D eigenvalue weighted by atomic mass is 16.5. The molecule has 7 heteroatoms. The highest BCUT2D eigenvalue weighted by Crippen LogP contribution is 2.37. The molecule has 2 aromatic heterocycles. The smallest absolute Gasteiger partial charge is 0.218 e. The van der Waals surface area contributed by atoms with Gasteiger partial charge in [0, 0.05) is 37.4 Å². The number of rotatable bonds is 7. The lowest BCUT2D eigenvalue weighted by atomic mass is 9.91. The minimum atomic E-state index is 0.273. The van der Waals surface area contributed by atoms with E-state index in [1.54, 1.807) is 13.4 Å². The van der Waals surface area contributed by atoms with Gasteiger partial charge in [0.15, 0.2) is 0 Å². The van der Waals surface area contributed by atoms with Crippen LogP contribution in [0.2, 0.25) is 0 Å². The predicted molar refractivity (Wildman–Crippen MR) is 101 cm³/mol. The number of hydrogen-bond acceptors (Lipinski definition) is 7. The van der Waals surface area contributed by atoms with E-state index in [9.17, 15) is 0 Å². The second-order valence-corrected chi connectivity index (χ2v) is 7.23. The Kier molecular flexibility index (Phi) is 5.50. The fourth-order valence-corrected chi connectivity index (χ4v) is 3.99. The molecular weight excluding hydrogens is 344 g/mol. The van der Waals surface area contributed by atoms with Crippen LogP contribution in [0.15, 0.2) is 30.6 Å². The van der Waals surface area contributed by atoms with E-state index >= 15 is 0 Å². The maximum atomic E-state index is 6.04. The number of anilines is 1. The SMILES string of the molecule is COc1cc(N2C[C@H]3[C@@H](CCOCc4cccc(C)n4)CO[C@H]3C2)ncn1. The highest BCUT2D eigenvalue weighted by Gasteiger charge is 2.43. The number of hydrogen-bond donors (Lipinski definition) is 0. The second kappa shape index (κ2) is 8.19. The quantitative estimate of drug-likeness (QED) is 0.692. The number of aromatic nitrogens is 3. The first-order valence-electron chi connectivity index (χ1n) is 9.46. The van der Waals surface area contributed by atoms with Crippen molar-refractivity contribution in [3.8, 4) is 5.88 Å². The lowest BCUT2D eigenvalue weighted by Crippen LogP contribution is -2.25. The van der Waals surface area contributed by atoms with Crippen molar-refractivity contribution in [3.05, 3.63) is 42.0 Å². The molecule has 2 aliphatic rings. The first-order chi connectivity index (χ1) is 13.2. The van der Waals surface area contributed by atoms with E-state index in [1.165, 1.54) is 0 Å². The van der Waals surface area contributed by atoms with Crippen molar-refractivity contribution in [2.45, 2.75) is 26.1 Å². The topological polar surface area (TPSA) is 69.6 Å². The summed E-state index contributed by atoms with van der Waals surface area (Å²) in [5, 5.41) is 0. The molecule has 2 saturated heterocycles. The summed E-state index contributed by atoms with van der Waals surface area (Å²) in [6.07, 6.45) is 2.83. The molecular formula is C20H26N4O3. The first-order valence-corrected chi connectivity index (χ1v) is 9.46. The third-order valence-corrected chi connectivity index (χ3v) is 5.43. The summed E-state index contributed by atoms with van der Waals surface area (Å²) in [4.78, 5) is 15.2. The molecule has 0 unspecified atom stereocenters. The molecule has 0 radical (unpaired) electrons. The summed E-state index contributed by atoms with van der Waals surface area (Å²) in [7, 11) is 1.62. The van der Waals surface area contributed by atoms with Crippen LogP contribution in [-0.2, 0) is 16.1 Å². The number of pyridine rings is 1. The number of fused-ring (bicyclic) bond motifs is 1. The average molecular weight is 370 g/mol. The Morgan fingerprint density at radius 3 is 3.04 bits per heavy atom. The Morgan fingerprint density at radius 1 is 1.26 bits per heavy atom. The van der Waals surface area contributed by atoms with E-state index in [4.69, 9.17) is 14.2 Å². The van der Waals surface area contributed by atoms with Gasteiger partial charge >= 0.3 is 0 Å². The Hall–Kier alpha value is -2.25. The van der Waals surface area contributed by atoms with Crippen LogP contribution in [-0.4, -0.2) is 54.5 Å². The van der Waals surface area contributed by atoms with Crippen LogP contribution in [0.1, 0.15) is 17.8 Å². The first kappa shape index (κ1) is 18.1. The van der Waals surface area contributed by atoms with Gasteiger partial charge in [0.05, 0.1) is 32.1 Å². The van der Waals surface area contributed by atoms with Gasteiger partial charge in [-0.3, -0.25) is 4.98 Å². The van der Waals surface area contributed by atoms with E-state index in [0.717, 1.165) is 49.9 Å². The summed E-state index contributed by atoms with van der Waals surface area (Å²) in [6, 6.07) is 7.91. The summed E-state index contributed by atoms with van der Waals surface area (Å²) in [5.74, 6) is 2.54. The number of ether oxygens (including phenoxy) is 3. The van der Waals surface area contributed by atoms with Crippen LogP contribution >= 0.6 is 0 Å². The van der Waals surface area contributed by atoms with E-state index in [1.807, 2.05) is 31.2 Å². The summed E-state index contributed by atoms with van der Waals surface area (Å²) in [6.45, 7) is 5.94. The normalized spacial score (nSPS) is 24.2. The fraction of sp³-hybridized carbons (Fsp3) is 0.550. The molecule has 4 rings (SSSR count). The molecule has 0 spiro atoms. The van der Waals surface area contributed by atoms with Gasteiger partial charge in [-0.2, -0.15) is 0 Å². The van der Waals surface area contributed by atoms with Gasteiger partial charge in [-0.05, 0) is 31.4 Å². The zero-order chi connectivity index (χ0) is 18.6. The molecule has 144 valence electrons. The maximum absolute atomic E-state index is 6.04. The summed E-state index contributed by atoms with van der Waals surface area (Å²) >= 11 is 0. The van der Waals surface area contributed by atoms with Gasteiger partial charge in [0.1, 0.15) is 12.1 Å². The number of methoxy groups -OCH3 is 1. The van der Waals surface area contributed by atoms with E-state index in [-0.39, 0.29) is 6.10 Å². The van der Waals surface area contributed by atoms with Crippen molar-refractivity contribution in [2.24, 2.45) is 11.8 Å². The van der Waals surface area contributed by atoms with E-state index in [0.29, 0.717) is 24.3 Å². The predicted octanol–water partition coefficient (Wildman–Crippen LogP) is 2.25. The molecule has 2 fully saturated rings. The van der Waals surface area contributed by atoms with Crippen LogP contribution in [0, 0.1) is 18.8 Å². The largest absolute Gasteiger partial charge is 0.481 e. The highest BCUT2D eigenvalue weighted by molar-refractivity contribution is 5.42. The van der Waals surface area contributed by atoms with E-state index in [2.05, 4.69) is 19.9 Å². The van der Waals surface area contributed by atoms with Crippen molar-refractivity contribution in [1.29, 1.82) is 0 Å². The van der Waals surface area contributed by atoms with Crippen molar-refractivity contribution in [1.82, 2.24) is 15.0 Å². The van der Waals surface area contributed by atoms with Gasteiger partial charge in [0.2, 0.25) is 5.88 Å². The monoisotopic (exact) mass is 370 g/mol. The van der Waals surface area contributed by atoms with Gasteiger partial charge in [-0.1, -0.05) is 6.07 Å². The minimum Gasteiger partial charge on any atom is -0.481 e. The molecule has 0 bridgehead atoms. The van der Waals surface area contributed by atoms with Gasteiger partial charge < -0.3 is 19.1 Å². The summed E-state index contributed by atoms with van der Waals surface area (Å²) in [5.41, 5.74) is 2.01. The Morgan fingerprint density at radius 2 is 2.19 bits per heavy atom. The Labute approximate surface area is 159 Å². The Bertz CT molecular complexity index is 772. The molecule has 7 nitrogen and oxygen atoms in total. The molecule has 2 aromatic rings. The maximum Gasteiger partial charge on any atom is 0.218 e. The van der Waals surface area contributed by atoms with Crippen LogP contribution < -0.4 is 9.64 Å². The fourth-order valence-electron chi connectivity index (χ4n) is 3.99. The van der Waals surface area contributed by atoms with Crippen LogP contribution in [0.5, 0.6) is 5.88 Å². The third kappa shape index (κ3) is 4.20. The molecule has 27 heavy (non-hydrogen) atoms. The number of nitrogens with zero attached hydrogens (tertiary/aromatic N) is 4. The third-order valence-electron chi connectivity index (χ3n) is 5.43. The van der Waals surface area contributed by atoms with Crippen LogP contribution in [0.3, 0.4) is 0 Å². The zero-order valence-corrected chi connectivity index (χ0v) is 15.9. The second-order valence-electron chi connectivity index (χ2n) is 7.23. The average Bonchev–Trinajstić information content (AvgIpc) is 3.27. The molecule has 0 aliphatic carbocycles. The Balaban J connectivity index is 1.27. The molecule has 3 atom stereocenters. The van der Waals surface area contributed by atoms with E-state index < -0.39 is 0 Å². The van der Waals surface area contributed by atoms with Crippen molar-refractivity contribution < 1.29 is 14.2 Å². The van der Waals surface area contributed by atoms with Gasteiger partial charge in [-0.15, -0.1) is 0 Å². The van der Waals surface area contributed by atoms with Crippen molar-refractivity contribution >= 4 is 5.82 Å². The van der Waals surface area contributed by atoms with Crippen LogP contribution in [0.25, 0.3) is 0 Å². The lowest BCUT2D eigenvalue weighted by Gasteiger charge is -2.20. The lowest BCUT2D eigenvalue weighted by molar-refractivity contribution is 0.0926. The number of aryl methyl sites for hydroxylation is 1. The van der Waals surface area contributed by atoms with Crippen molar-refractivity contribution in [3.63, 3.8) is 0 Å². The summed E-state index contributed by atoms with van der Waals surface area (Å²) < 4.78 is 17.1. The molecule has 0 N–H and O–H groups in total. The molecule has 0 aromatic carbocycles. The standard InChI is InChI=1S/C20H26N4O3/c1-14-4-3-5-16(23-14)12-26-7-6-15-11-27-18-10-24(9-17(15)18)19-8-20(25-2)22-13-21-19/h3-5,8,13,15,17-18H,6-7,9-12H2,1-2H3/t15-,17-,18-/m0/s1. The molecule has 2 aliphatic heterocycles. The van der Waals surface area contributed by atoms with Gasteiger partial charge in [-0.25, -0.2) is 9.97 Å². The van der Waals surface area contributed by atoms with Crippen LogP contribution in [0.4, 0.5) is 5.82 Å². The zero-order valence-electron chi connectivity index (χ0n) is 15.9. The van der Waals surface area contributed by atoms with Crippen molar-refractivity contribution in [2.75, 3.05) is 38.3 Å². The molecule has 4 heterocycles.